The molecule has 4 nitrogen and oxygen atoms in total. The second-order valence-electron chi connectivity index (χ2n) is 4.59. The van der Waals surface area contributed by atoms with Crippen molar-refractivity contribution in [3.05, 3.63) is 30.3 Å². The second-order valence-corrected chi connectivity index (χ2v) is 5.85. The van der Waals surface area contributed by atoms with Gasteiger partial charge < -0.3 is 0 Å². The fourth-order valence-electron chi connectivity index (χ4n) is 2.32. The van der Waals surface area contributed by atoms with E-state index in [1.165, 1.54) is 32.1 Å². The number of aromatic nitrogens is 4. The standard InChI is InChI=1S/C13H16N4S/c1-3-7-11(8-4-1)17-13(14-15-16-17)18-12-9-5-2-6-10-12/h1,3-4,7-8,12H,2,5-6,9-10H2. The quantitative estimate of drug-likeness (QED) is 0.850. The Balaban J connectivity index is 1.79. The van der Waals surface area contributed by atoms with E-state index in [0.29, 0.717) is 5.25 Å². The van der Waals surface area contributed by atoms with Crippen molar-refractivity contribution in [2.45, 2.75) is 42.5 Å². The Bertz CT molecular complexity index is 491. The van der Waals surface area contributed by atoms with Gasteiger partial charge in [-0.15, -0.1) is 5.10 Å². The highest BCUT2D eigenvalue weighted by Gasteiger charge is 2.18. The molecule has 1 aliphatic rings. The Morgan fingerprint density at radius 1 is 1.06 bits per heavy atom. The van der Waals surface area contributed by atoms with E-state index in [2.05, 4.69) is 15.5 Å². The van der Waals surface area contributed by atoms with Crippen LogP contribution in [0.25, 0.3) is 5.69 Å². The van der Waals surface area contributed by atoms with E-state index in [1.54, 1.807) is 0 Å². The molecule has 3 rings (SSSR count). The van der Waals surface area contributed by atoms with Crippen molar-refractivity contribution < 1.29 is 0 Å². The SMILES string of the molecule is c1ccc(-n2nnnc2SC2CCCCC2)cc1. The van der Waals surface area contributed by atoms with Crippen molar-refractivity contribution in [1.82, 2.24) is 20.2 Å². The zero-order valence-corrected chi connectivity index (χ0v) is 11.0. The number of nitrogens with zero attached hydrogens (tertiary/aromatic N) is 4. The van der Waals surface area contributed by atoms with Crippen LogP contribution in [-0.2, 0) is 0 Å². The molecule has 0 unspecified atom stereocenters. The molecule has 0 amide bonds. The highest BCUT2D eigenvalue weighted by Crippen LogP contribution is 2.32. The van der Waals surface area contributed by atoms with Gasteiger partial charge in [0, 0.05) is 5.25 Å². The van der Waals surface area contributed by atoms with Crippen LogP contribution in [0.1, 0.15) is 32.1 Å². The Kier molecular flexibility index (Phi) is 3.59. The maximum absolute atomic E-state index is 4.15. The predicted molar refractivity (Wildman–Crippen MR) is 71.9 cm³/mol. The average Bonchev–Trinajstić information content (AvgIpc) is 2.89. The van der Waals surface area contributed by atoms with Gasteiger partial charge in [0.1, 0.15) is 0 Å². The van der Waals surface area contributed by atoms with Crippen LogP contribution in [0.5, 0.6) is 0 Å². The summed E-state index contributed by atoms with van der Waals surface area (Å²) in [5.74, 6) is 0. The third kappa shape index (κ3) is 2.56. The number of hydrogen-bond donors (Lipinski definition) is 0. The molecule has 0 radical (unpaired) electrons. The van der Waals surface area contributed by atoms with Gasteiger partial charge in [0.05, 0.1) is 5.69 Å². The number of tetrazole rings is 1. The first-order valence-corrected chi connectivity index (χ1v) is 7.32. The van der Waals surface area contributed by atoms with E-state index in [4.69, 9.17) is 0 Å². The highest BCUT2D eigenvalue weighted by atomic mass is 32.2. The van der Waals surface area contributed by atoms with Gasteiger partial charge >= 0.3 is 0 Å². The molecule has 5 heteroatoms. The molecule has 1 aromatic heterocycles. The monoisotopic (exact) mass is 260 g/mol. The van der Waals surface area contributed by atoms with Crippen molar-refractivity contribution in [2.24, 2.45) is 0 Å². The molecule has 18 heavy (non-hydrogen) atoms. The fraction of sp³-hybridized carbons (Fsp3) is 0.462. The van der Waals surface area contributed by atoms with Crippen LogP contribution >= 0.6 is 11.8 Å². The lowest BCUT2D eigenvalue weighted by Gasteiger charge is -2.19. The number of benzene rings is 1. The van der Waals surface area contributed by atoms with Crippen LogP contribution in [0, 0.1) is 0 Å². The third-order valence-electron chi connectivity index (χ3n) is 3.27. The summed E-state index contributed by atoms with van der Waals surface area (Å²) in [4.78, 5) is 0. The summed E-state index contributed by atoms with van der Waals surface area (Å²) in [6, 6.07) is 10.1. The third-order valence-corrected chi connectivity index (χ3v) is 4.54. The number of rotatable bonds is 3. The smallest absolute Gasteiger partial charge is 0.188 e. The minimum Gasteiger partial charge on any atom is -0.188 e. The molecular weight excluding hydrogens is 244 g/mol. The molecular formula is C13H16N4S. The number of para-hydroxylation sites is 1. The normalized spacial score (nSPS) is 16.9. The van der Waals surface area contributed by atoms with E-state index in [9.17, 15) is 0 Å². The summed E-state index contributed by atoms with van der Waals surface area (Å²) in [5, 5.41) is 13.6. The van der Waals surface area contributed by atoms with Crippen LogP contribution < -0.4 is 0 Å². The van der Waals surface area contributed by atoms with Crippen LogP contribution in [0.2, 0.25) is 0 Å². The van der Waals surface area contributed by atoms with Gasteiger partial charge in [0.15, 0.2) is 0 Å². The van der Waals surface area contributed by atoms with E-state index >= 15 is 0 Å². The van der Waals surface area contributed by atoms with Crippen molar-refractivity contribution in [1.29, 1.82) is 0 Å². The van der Waals surface area contributed by atoms with Gasteiger partial charge in [-0.2, -0.15) is 4.68 Å². The lowest BCUT2D eigenvalue weighted by molar-refractivity contribution is 0.515. The topological polar surface area (TPSA) is 43.6 Å². The average molecular weight is 260 g/mol. The minimum absolute atomic E-state index is 0.673. The van der Waals surface area contributed by atoms with E-state index < -0.39 is 0 Å². The van der Waals surface area contributed by atoms with E-state index in [0.717, 1.165) is 10.8 Å². The minimum atomic E-state index is 0.673. The van der Waals surface area contributed by atoms with Crippen LogP contribution in [-0.4, -0.2) is 25.5 Å². The molecule has 1 fully saturated rings. The first kappa shape index (κ1) is 11.7. The lowest BCUT2D eigenvalue weighted by Crippen LogP contribution is -2.09. The molecule has 0 spiro atoms. The van der Waals surface area contributed by atoms with Crippen molar-refractivity contribution in [2.75, 3.05) is 0 Å². The first-order valence-electron chi connectivity index (χ1n) is 6.44. The van der Waals surface area contributed by atoms with Gasteiger partial charge in [0.2, 0.25) is 5.16 Å². The highest BCUT2D eigenvalue weighted by molar-refractivity contribution is 7.99. The lowest BCUT2D eigenvalue weighted by atomic mass is 10.0. The molecule has 2 aromatic rings. The molecule has 0 saturated heterocycles. The predicted octanol–water partition coefficient (Wildman–Crippen LogP) is 3.09. The van der Waals surface area contributed by atoms with Gasteiger partial charge in [-0.25, -0.2) is 0 Å². The summed E-state index contributed by atoms with van der Waals surface area (Å²) < 4.78 is 1.83. The van der Waals surface area contributed by atoms with Gasteiger partial charge in [-0.1, -0.05) is 49.2 Å². The molecule has 0 N–H and O–H groups in total. The Morgan fingerprint density at radius 3 is 2.61 bits per heavy atom. The van der Waals surface area contributed by atoms with Gasteiger partial charge in [-0.3, -0.25) is 0 Å². The van der Waals surface area contributed by atoms with Crippen molar-refractivity contribution >= 4 is 11.8 Å². The number of hydrogen-bond acceptors (Lipinski definition) is 4. The molecule has 0 bridgehead atoms. The molecule has 1 aromatic carbocycles. The molecule has 0 atom stereocenters. The zero-order chi connectivity index (χ0) is 12.2. The van der Waals surface area contributed by atoms with Crippen molar-refractivity contribution in [3.63, 3.8) is 0 Å². The largest absolute Gasteiger partial charge is 0.214 e. The van der Waals surface area contributed by atoms with Crippen molar-refractivity contribution in [3.8, 4) is 5.69 Å². The molecule has 1 aliphatic carbocycles. The van der Waals surface area contributed by atoms with Gasteiger partial charge in [0.25, 0.3) is 0 Å². The zero-order valence-electron chi connectivity index (χ0n) is 10.2. The maximum Gasteiger partial charge on any atom is 0.214 e. The summed E-state index contributed by atoms with van der Waals surface area (Å²) in [7, 11) is 0. The Labute approximate surface area is 111 Å². The van der Waals surface area contributed by atoms with Crippen LogP contribution in [0.15, 0.2) is 35.5 Å². The van der Waals surface area contributed by atoms with Gasteiger partial charge in [-0.05, 0) is 35.4 Å². The molecule has 1 saturated carbocycles. The fourth-order valence-corrected chi connectivity index (χ4v) is 3.51. The number of thioether (sulfide) groups is 1. The summed E-state index contributed by atoms with van der Waals surface area (Å²) >= 11 is 1.82. The molecule has 0 aliphatic heterocycles. The molecule has 1 heterocycles. The molecule has 94 valence electrons. The Hall–Kier alpha value is -1.36. The maximum atomic E-state index is 4.15. The second kappa shape index (κ2) is 5.52. The van der Waals surface area contributed by atoms with Crippen LogP contribution in [0.3, 0.4) is 0 Å². The van der Waals surface area contributed by atoms with E-state index in [1.807, 2.05) is 46.8 Å². The Morgan fingerprint density at radius 2 is 1.83 bits per heavy atom. The summed E-state index contributed by atoms with van der Waals surface area (Å²) in [6.07, 6.45) is 6.62. The summed E-state index contributed by atoms with van der Waals surface area (Å²) in [6.45, 7) is 0. The van der Waals surface area contributed by atoms with Crippen LogP contribution in [0.4, 0.5) is 0 Å². The van der Waals surface area contributed by atoms with E-state index in [-0.39, 0.29) is 0 Å². The first-order chi connectivity index (χ1) is 8.93. The summed E-state index contributed by atoms with van der Waals surface area (Å²) in [5.41, 5.74) is 1.03.